The van der Waals surface area contributed by atoms with Crippen molar-refractivity contribution in [1.29, 1.82) is 0 Å². The molecule has 2 aromatic rings. The number of furan rings is 1. The Morgan fingerprint density at radius 2 is 1.76 bits per heavy atom. The van der Waals surface area contributed by atoms with Gasteiger partial charge in [0.2, 0.25) is 0 Å². The van der Waals surface area contributed by atoms with E-state index in [0.717, 1.165) is 38.6 Å². The maximum atomic E-state index is 11.3. The van der Waals surface area contributed by atoms with Crippen LogP contribution in [0.2, 0.25) is 0 Å². The molecule has 1 aliphatic rings. The molecule has 3 rings (SSSR count). The van der Waals surface area contributed by atoms with Crippen LogP contribution >= 0.6 is 0 Å². The van der Waals surface area contributed by atoms with E-state index in [2.05, 4.69) is 34.1 Å². The lowest BCUT2D eigenvalue weighted by Gasteiger charge is -2.34. The summed E-state index contributed by atoms with van der Waals surface area (Å²) in [5.74, 6) is 1.22. The van der Waals surface area contributed by atoms with Crippen LogP contribution in [0.5, 0.6) is 0 Å². The number of benzene rings is 1. The zero-order valence-corrected chi connectivity index (χ0v) is 12.3. The van der Waals surface area contributed by atoms with Crippen LogP contribution in [-0.2, 0) is 6.54 Å². The maximum absolute atomic E-state index is 11.3. The number of carbonyl (C=O) groups is 1. The minimum atomic E-state index is -0.0241. The summed E-state index contributed by atoms with van der Waals surface area (Å²) in [6.07, 6.45) is 0. The number of hydrogen-bond donors (Lipinski definition) is 0. The number of nitrogens with zero attached hydrogens (tertiary/aromatic N) is 2. The third-order valence-electron chi connectivity index (χ3n) is 3.87. The van der Waals surface area contributed by atoms with Crippen molar-refractivity contribution >= 4 is 11.7 Å². The molecule has 0 atom stereocenters. The van der Waals surface area contributed by atoms with E-state index in [1.54, 1.807) is 6.07 Å². The second-order valence-electron chi connectivity index (χ2n) is 5.44. The molecular weight excluding hydrogens is 264 g/mol. The predicted octanol–water partition coefficient (Wildman–Crippen LogP) is 2.80. The molecule has 0 amide bonds. The van der Waals surface area contributed by atoms with Gasteiger partial charge in [-0.25, -0.2) is 0 Å². The molecule has 1 fully saturated rings. The standard InChI is InChI=1S/C17H20N2O2/c1-14(20)16-7-8-17(21-16)19-11-9-18(10-12-19)13-15-5-3-2-4-6-15/h2-8H,9-13H2,1H3. The summed E-state index contributed by atoms with van der Waals surface area (Å²) >= 11 is 0. The molecule has 2 heterocycles. The first kappa shape index (κ1) is 13.9. The number of piperazine rings is 1. The van der Waals surface area contributed by atoms with E-state index in [1.807, 2.05) is 12.1 Å². The molecule has 0 bridgehead atoms. The first-order chi connectivity index (χ1) is 10.2. The van der Waals surface area contributed by atoms with Gasteiger partial charge in [0.25, 0.3) is 0 Å². The third-order valence-corrected chi connectivity index (χ3v) is 3.87. The molecule has 1 saturated heterocycles. The SMILES string of the molecule is CC(=O)c1ccc(N2CCN(Cc3ccccc3)CC2)o1. The van der Waals surface area contributed by atoms with E-state index >= 15 is 0 Å². The molecular formula is C17H20N2O2. The number of Topliss-reactive ketones (excluding diaryl/α,β-unsaturated/α-hetero) is 1. The van der Waals surface area contributed by atoms with E-state index in [-0.39, 0.29) is 5.78 Å². The average molecular weight is 284 g/mol. The van der Waals surface area contributed by atoms with Crippen molar-refractivity contribution in [2.45, 2.75) is 13.5 Å². The highest BCUT2D eigenvalue weighted by atomic mass is 16.4. The fourth-order valence-electron chi connectivity index (χ4n) is 2.65. The Morgan fingerprint density at radius 1 is 1.05 bits per heavy atom. The molecule has 1 aliphatic heterocycles. The monoisotopic (exact) mass is 284 g/mol. The van der Waals surface area contributed by atoms with Crippen LogP contribution in [0, 0.1) is 0 Å². The van der Waals surface area contributed by atoms with E-state index in [0.29, 0.717) is 5.76 Å². The number of anilines is 1. The third kappa shape index (κ3) is 3.34. The first-order valence-electron chi connectivity index (χ1n) is 7.34. The minimum absolute atomic E-state index is 0.0241. The van der Waals surface area contributed by atoms with Gasteiger partial charge in [0.1, 0.15) is 0 Å². The molecule has 0 spiro atoms. The van der Waals surface area contributed by atoms with Crippen molar-refractivity contribution < 1.29 is 9.21 Å². The van der Waals surface area contributed by atoms with Crippen molar-refractivity contribution in [3.05, 3.63) is 53.8 Å². The van der Waals surface area contributed by atoms with Crippen LogP contribution < -0.4 is 4.90 Å². The Labute approximate surface area is 125 Å². The fourth-order valence-corrected chi connectivity index (χ4v) is 2.65. The van der Waals surface area contributed by atoms with E-state index in [9.17, 15) is 4.79 Å². The van der Waals surface area contributed by atoms with Gasteiger partial charge in [0.05, 0.1) is 0 Å². The number of hydrogen-bond acceptors (Lipinski definition) is 4. The normalized spacial score (nSPS) is 16.1. The van der Waals surface area contributed by atoms with Crippen molar-refractivity contribution in [2.75, 3.05) is 31.1 Å². The van der Waals surface area contributed by atoms with Gasteiger partial charge in [-0.05, 0) is 11.6 Å². The Bertz CT molecular complexity index is 598. The molecule has 4 nitrogen and oxygen atoms in total. The quantitative estimate of drug-likeness (QED) is 0.809. The summed E-state index contributed by atoms with van der Waals surface area (Å²) in [6.45, 7) is 6.39. The molecule has 21 heavy (non-hydrogen) atoms. The summed E-state index contributed by atoms with van der Waals surface area (Å²) < 4.78 is 5.60. The Balaban J connectivity index is 1.56. The predicted molar refractivity (Wildman–Crippen MR) is 82.6 cm³/mol. The Morgan fingerprint density at radius 3 is 2.38 bits per heavy atom. The van der Waals surface area contributed by atoms with Crippen molar-refractivity contribution in [1.82, 2.24) is 4.90 Å². The maximum Gasteiger partial charge on any atom is 0.196 e. The number of rotatable bonds is 4. The minimum Gasteiger partial charge on any atom is -0.437 e. The molecule has 110 valence electrons. The van der Waals surface area contributed by atoms with Crippen molar-refractivity contribution in [3.63, 3.8) is 0 Å². The van der Waals surface area contributed by atoms with Crippen LogP contribution in [0.15, 0.2) is 46.9 Å². The molecule has 0 unspecified atom stereocenters. The molecule has 1 aromatic heterocycles. The lowest BCUT2D eigenvalue weighted by atomic mass is 10.2. The highest BCUT2D eigenvalue weighted by Crippen LogP contribution is 2.21. The van der Waals surface area contributed by atoms with Gasteiger partial charge in [-0.15, -0.1) is 0 Å². The van der Waals surface area contributed by atoms with Gasteiger partial charge in [-0.1, -0.05) is 30.3 Å². The smallest absolute Gasteiger partial charge is 0.196 e. The summed E-state index contributed by atoms with van der Waals surface area (Å²) in [6, 6.07) is 14.2. The second kappa shape index (κ2) is 6.14. The Hall–Kier alpha value is -2.07. The zero-order valence-electron chi connectivity index (χ0n) is 12.3. The molecule has 1 aromatic carbocycles. The fraction of sp³-hybridized carbons (Fsp3) is 0.353. The summed E-state index contributed by atoms with van der Waals surface area (Å²) in [5, 5.41) is 0. The highest BCUT2D eigenvalue weighted by molar-refractivity contribution is 5.91. The van der Waals surface area contributed by atoms with Crippen LogP contribution in [0.1, 0.15) is 23.0 Å². The highest BCUT2D eigenvalue weighted by Gasteiger charge is 2.20. The van der Waals surface area contributed by atoms with E-state index in [1.165, 1.54) is 12.5 Å². The van der Waals surface area contributed by atoms with Crippen LogP contribution in [0.25, 0.3) is 0 Å². The van der Waals surface area contributed by atoms with Gasteiger partial charge in [0.15, 0.2) is 17.4 Å². The largest absolute Gasteiger partial charge is 0.437 e. The first-order valence-corrected chi connectivity index (χ1v) is 7.34. The number of carbonyl (C=O) groups excluding carboxylic acids is 1. The second-order valence-corrected chi connectivity index (χ2v) is 5.44. The van der Waals surface area contributed by atoms with Gasteiger partial charge in [-0.3, -0.25) is 9.69 Å². The lowest BCUT2D eigenvalue weighted by Crippen LogP contribution is -2.45. The molecule has 4 heteroatoms. The summed E-state index contributed by atoms with van der Waals surface area (Å²) in [7, 11) is 0. The van der Waals surface area contributed by atoms with Gasteiger partial charge >= 0.3 is 0 Å². The summed E-state index contributed by atoms with van der Waals surface area (Å²) in [4.78, 5) is 15.9. The van der Waals surface area contributed by atoms with Gasteiger partial charge in [0, 0.05) is 45.7 Å². The molecule has 0 radical (unpaired) electrons. The topological polar surface area (TPSA) is 36.7 Å². The van der Waals surface area contributed by atoms with Crippen LogP contribution in [0.3, 0.4) is 0 Å². The molecule has 0 N–H and O–H groups in total. The van der Waals surface area contributed by atoms with E-state index < -0.39 is 0 Å². The van der Waals surface area contributed by atoms with Crippen LogP contribution in [-0.4, -0.2) is 36.9 Å². The van der Waals surface area contributed by atoms with Gasteiger partial charge < -0.3 is 9.32 Å². The van der Waals surface area contributed by atoms with Crippen molar-refractivity contribution in [2.24, 2.45) is 0 Å². The van der Waals surface area contributed by atoms with Crippen molar-refractivity contribution in [3.8, 4) is 0 Å². The van der Waals surface area contributed by atoms with Gasteiger partial charge in [-0.2, -0.15) is 0 Å². The zero-order chi connectivity index (χ0) is 14.7. The molecule has 0 aliphatic carbocycles. The summed E-state index contributed by atoms with van der Waals surface area (Å²) in [5.41, 5.74) is 1.35. The molecule has 0 saturated carbocycles. The Kier molecular flexibility index (Phi) is 4.06. The average Bonchev–Trinajstić information content (AvgIpc) is 2.99. The lowest BCUT2D eigenvalue weighted by molar-refractivity contribution is 0.0987. The van der Waals surface area contributed by atoms with Crippen LogP contribution in [0.4, 0.5) is 5.88 Å². The number of ketones is 1. The van der Waals surface area contributed by atoms with E-state index in [4.69, 9.17) is 4.42 Å².